The van der Waals surface area contributed by atoms with E-state index in [2.05, 4.69) is 4.98 Å². The van der Waals surface area contributed by atoms with Crippen molar-refractivity contribution < 1.29 is 14.6 Å². The van der Waals surface area contributed by atoms with Crippen LogP contribution in [-0.4, -0.2) is 26.9 Å². The molecule has 6 heteroatoms. The molecule has 1 unspecified atom stereocenters. The second-order valence-corrected chi connectivity index (χ2v) is 5.44. The van der Waals surface area contributed by atoms with Gasteiger partial charge in [0.25, 0.3) is 5.91 Å². The Morgan fingerprint density at radius 3 is 3.05 bits per heavy atom. The van der Waals surface area contributed by atoms with Crippen LogP contribution >= 0.6 is 11.8 Å². The molecule has 100 valence electrons. The molecule has 0 saturated carbocycles. The van der Waals surface area contributed by atoms with E-state index in [1.807, 2.05) is 12.3 Å². The van der Waals surface area contributed by atoms with Gasteiger partial charge in [-0.3, -0.25) is 14.3 Å². The van der Waals surface area contributed by atoms with Gasteiger partial charge in [-0.25, -0.2) is 0 Å². The molecule has 3 rings (SSSR count). The molecule has 1 atom stereocenters. The fraction of sp³-hybridized carbons (Fsp3) is 0.385. The number of aryl methyl sites for hydroxylation is 1. The fourth-order valence-corrected chi connectivity index (χ4v) is 3.21. The lowest BCUT2D eigenvalue weighted by Gasteiger charge is -2.25. The number of hydrogen-bond donors (Lipinski definition) is 1. The quantitative estimate of drug-likeness (QED) is 0.516. The smallest absolute Gasteiger partial charge is 0.306 e. The lowest BCUT2D eigenvalue weighted by atomic mass is 10.2. The van der Waals surface area contributed by atoms with Crippen LogP contribution in [-0.2, 0) is 21.9 Å². The first kappa shape index (κ1) is 12.5. The number of pyridine rings is 1. The number of aliphatic hydroxyl groups is 1. The number of ether oxygens (including phenoxy) is 1. The normalized spacial score (nSPS) is 21.6. The van der Waals surface area contributed by atoms with Crippen LogP contribution in [0.15, 0.2) is 23.4 Å². The molecule has 1 aliphatic rings. The lowest BCUT2D eigenvalue weighted by Crippen LogP contribution is -2.34. The maximum absolute atomic E-state index is 11.2. The number of aromatic nitrogens is 2. The van der Waals surface area contributed by atoms with Gasteiger partial charge in [0.15, 0.2) is 0 Å². The van der Waals surface area contributed by atoms with Crippen molar-refractivity contribution in [1.82, 2.24) is 9.55 Å². The second-order valence-electron chi connectivity index (χ2n) is 4.59. The van der Waals surface area contributed by atoms with Gasteiger partial charge in [0.2, 0.25) is 0 Å². The first-order chi connectivity index (χ1) is 9.05. The molecule has 0 radical (unpaired) electrons. The van der Waals surface area contributed by atoms with E-state index in [1.54, 1.807) is 28.7 Å². The van der Waals surface area contributed by atoms with Crippen LogP contribution in [0.4, 0.5) is 0 Å². The van der Waals surface area contributed by atoms with E-state index in [4.69, 9.17) is 4.74 Å². The fourth-order valence-electron chi connectivity index (χ4n) is 2.64. The Kier molecular flexibility index (Phi) is 2.79. The van der Waals surface area contributed by atoms with E-state index in [-0.39, 0.29) is 0 Å². The number of hydrogen-bond acceptors (Lipinski definition) is 5. The van der Waals surface area contributed by atoms with Crippen molar-refractivity contribution in [1.29, 1.82) is 0 Å². The molecule has 1 aliphatic heterocycles. The van der Waals surface area contributed by atoms with E-state index < -0.39 is 11.9 Å². The standard InChI is InChI=1S/C13H14N2O3S/c1-8(16)18-13(17)4-3-10-5-9-6-14-7-11(19-2)12(9)15(10)13/h5-7,17H,3-4H2,1-2H3. The van der Waals surface area contributed by atoms with Gasteiger partial charge in [-0.1, -0.05) is 0 Å². The minimum absolute atomic E-state index is 0.383. The van der Waals surface area contributed by atoms with Gasteiger partial charge in [0.05, 0.1) is 5.52 Å². The van der Waals surface area contributed by atoms with Gasteiger partial charge in [-0.2, -0.15) is 0 Å². The number of esters is 1. The SMILES string of the molecule is CSc1cncc2cc3n(c12)C(O)(OC(C)=O)CC3. The first-order valence-electron chi connectivity index (χ1n) is 6.00. The van der Waals surface area contributed by atoms with Crippen molar-refractivity contribution >= 4 is 28.6 Å². The molecule has 3 heterocycles. The van der Waals surface area contributed by atoms with E-state index >= 15 is 0 Å². The van der Waals surface area contributed by atoms with Crippen molar-refractivity contribution in [3.63, 3.8) is 0 Å². The molecule has 2 aromatic heterocycles. The number of carbonyl (C=O) groups excluding carboxylic acids is 1. The van der Waals surface area contributed by atoms with Crippen molar-refractivity contribution in [3.8, 4) is 0 Å². The summed E-state index contributed by atoms with van der Waals surface area (Å²) >= 11 is 1.55. The summed E-state index contributed by atoms with van der Waals surface area (Å²) in [4.78, 5) is 16.4. The third-order valence-electron chi connectivity index (χ3n) is 3.33. The summed E-state index contributed by atoms with van der Waals surface area (Å²) in [6, 6.07) is 1.99. The molecule has 0 amide bonds. The number of carbonyl (C=O) groups is 1. The van der Waals surface area contributed by atoms with Crippen molar-refractivity contribution in [3.05, 3.63) is 24.2 Å². The Hall–Kier alpha value is -1.53. The summed E-state index contributed by atoms with van der Waals surface area (Å²) in [5.74, 6) is -2.06. The topological polar surface area (TPSA) is 64.3 Å². The number of rotatable bonds is 2. The highest BCUT2D eigenvalue weighted by Crippen LogP contribution is 2.39. The summed E-state index contributed by atoms with van der Waals surface area (Å²) in [6.07, 6.45) is 6.53. The molecule has 0 aromatic carbocycles. The van der Waals surface area contributed by atoms with Crippen LogP contribution in [0.5, 0.6) is 0 Å². The molecule has 0 saturated heterocycles. The van der Waals surface area contributed by atoms with Gasteiger partial charge < -0.3 is 9.84 Å². The molecule has 0 fully saturated rings. The van der Waals surface area contributed by atoms with Crippen LogP contribution in [0.2, 0.25) is 0 Å². The number of thioether (sulfide) groups is 1. The summed E-state index contributed by atoms with van der Waals surface area (Å²) in [7, 11) is 0. The first-order valence-corrected chi connectivity index (χ1v) is 7.22. The Morgan fingerprint density at radius 1 is 1.58 bits per heavy atom. The van der Waals surface area contributed by atoms with Crippen LogP contribution in [0.25, 0.3) is 10.9 Å². The zero-order valence-corrected chi connectivity index (χ0v) is 11.5. The number of fused-ring (bicyclic) bond motifs is 3. The van der Waals surface area contributed by atoms with Gasteiger partial charge in [-0.05, 0) is 18.7 Å². The van der Waals surface area contributed by atoms with Crippen LogP contribution in [0.3, 0.4) is 0 Å². The molecule has 5 nitrogen and oxygen atoms in total. The molecular formula is C13H14N2O3S. The summed E-state index contributed by atoms with van der Waals surface area (Å²) in [6.45, 7) is 1.30. The summed E-state index contributed by atoms with van der Waals surface area (Å²) in [5, 5.41) is 11.6. The lowest BCUT2D eigenvalue weighted by molar-refractivity contribution is -0.245. The summed E-state index contributed by atoms with van der Waals surface area (Å²) in [5.41, 5.74) is 1.83. The molecule has 0 aliphatic carbocycles. The largest absolute Gasteiger partial charge is 0.414 e. The van der Waals surface area contributed by atoms with E-state index in [0.29, 0.717) is 12.8 Å². The molecule has 19 heavy (non-hydrogen) atoms. The van der Waals surface area contributed by atoms with Gasteiger partial charge in [0, 0.05) is 41.7 Å². The molecule has 1 N–H and O–H groups in total. The van der Waals surface area contributed by atoms with Crippen molar-refractivity contribution in [2.75, 3.05) is 6.26 Å². The zero-order chi connectivity index (χ0) is 13.6. The molecule has 0 spiro atoms. The second kappa shape index (κ2) is 4.25. The average molecular weight is 278 g/mol. The highest BCUT2D eigenvalue weighted by atomic mass is 32.2. The third kappa shape index (κ3) is 1.82. The molecular weight excluding hydrogens is 264 g/mol. The minimum atomic E-state index is -1.57. The maximum Gasteiger partial charge on any atom is 0.306 e. The monoisotopic (exact) mass is 278 g/mol. The zero-order valence-electron chi connectivity index (χ0n) is 10.7. The predicted molar refractivity (Wildman–Crippen MR) is 71.8 cm³/mol. The Balaban J connectivity index is 2.26. The van der Waals surface area contributed by atoms with Gasteiger partial charge in [0.1, 0.15) is 0 Å². The predicted octanol–water partition coefficient (Wildman–Crippen LogP) is 1.87. The Morgan fingerprint density at radius 2 is 2.37 bits per heavy atom. The third-order valence-corrected chi connectivity index (χ3v) is 4.07. The van der Waals surface area contributed by atoms with Gasteiger partial charge in [-0.15, -0.1) is 11.8 Å². The highest BCUT2D eigenvalue weighted by molar-refractivity contribution is 7.98. The Labute approximate surface area is 114 Å². The average Bonchev–Trinajstić information content (AvgIpc) is 2.86. The summed E-state index contributed by atoms with van der Waals surface area (Å²) < 4.78 is 6.86. The Bertz CT molecular complexity index is 667. The minimum Gasteiger partial charge on any atom is -0.414 e. The van der Waals surface area contributed by atoms with E-state index in [9.17, 15) is 9.90 Å². The maximum atomic E-state index is 11.2. The van der Waals surface area contributed by atoms with E-state index in [0.717, 1.165) is 21.5 Å². The van der Waals surface area contributed by atoms with Crippen molar-refractivity contribution in [2.24, 2.45) is 0 Å². The molecule has 2 aromatic rings. The van der Waals surface area contributed by atoms with Gasteiger partial charge >= 0.3 is 5.97 Å². The van der Waals surface area contributed by atoms with Crippen molar-refractivity contribution in [2.45, 2.75) is 30.6 Å². The number of nitrogens with zero attached hydrogens (tertiary/aromatic N) is 2. The van der Waals surface area contributed by atoms with Crippen LogP contribution in [0, 0.1) is 0 Å². The highest BCUT2D eigenvalue weighted by Gasteiger charge is 2.41. The van der Waals surface area contributed by atoms with Crippen LogP contribution < -0.4 is 0 Å². The van der Waals surface area contributed by atoms with E-state index in [1.165, 1.54) is 6.92 Å². The molecule has 0 bridgehead atoms. The van der Waals surface area contributed by atoms with Crippen LogP contribution in [0.1, 0.15) is 19.0 Å².